The maximum absolute atomic E-state index is 11.0. The molecule has 0 N–H and O–H groups in total. The molecule has 1 atom stereocenters. The normalized spacial score (nSPS) is 21.1. The van der Waals surface area contributed by atoms with Crippen molar-refractivity contribution in [3.63, 3.8) is 0 Å². The first-order valence-corrected chi connectivity index (χ1v) is 3.52. The van der Waals surface area contributed by atoms with Crippen LogP contribution < -0.4 is 0 Å². The highest BCUT2D eigenvalue weighted by molar-refractivity contribution is 6.15. The smallest absolute Gasteiger partial charge is 0.324 e. The molecule has 0 aromatic carbocycles. The quantitative estimate of drug-likeness (QED) is 0.423. The zero-order chi connectivity index (χ0) is 8.97. The van der Waals surface area contributed by atoms with E-state index in [9.17, 15) is 9.59 Å². The second kappa shape index (κ2) is 3.75. The minimum Gasteiger partial charge on any atom is -0.465 e. The van der Waals surface area contributed by atoms with Gasteiger partial charge in [-0.1, -0.05) is 0 Å². The van der Waals surface area contributed by atoms with Gasteiger partial charge in [-0.15, -0.1) is 0 Å². The van der Waals surface area contributed by atoms with Crippen LogP contribution in [0.1, 0.15) is 6.92 Å². The third kappa shape index (κ3) is 1.75. The molecule has 0 spiro atoms. The lowest BCUT2D eigenvalue weighted by Gasteiger charge is -2.07. The zero-order valence-electron chi connectivity index (χ0n) is 6.56. The monoisotopic (exact) mass is 168 g/mol. The number of aliphatic imine (C=N–C) groups is 2. The van der Waals surface area contributed by atoms with Crippen LogP contribution in [-0.2, 0) is 14.3 Å². The standard InChI is InChI=1S/C7H8N2O3/c1-2-12-7(11)5-3-8-4-9-6(5)10/h3-5H,2H2,1H3/t5-/m0/s1. The Balaban J connectivity index is 2.63. The summed E-state index contributed by atoms with van der Waals surface area (Å²) in [6.07, 6.45) is 2.34. The van der Waals surface area contributed by atoms with Gasteiger partial charge in [-0.2, -0.15) is 0 Å². The third-order valence-corrected chi connectivity index (χ3v) is 1.29. The molecule has 0 unspecified atom stereocenters. The van der Waals surface area contributed by atoms with Crippen molar-refractivity contribution in [2.75, 3.05) is 6.61 Å². The van der Waals surface area contributed by atoms with Crippen molar-refractivity contribution in [2.45, 2.75) is 6.92 Å². The Labute approximate surface area is 69.2 Å². The van der Waals surface area contributed by atoms with Crippen LogP contribution in [0.2, 0.25) is 0 Å². The summed E-state index contributed by atoms with van der Waals surface area (Å²) in [5, 5.41) is 0. The largest absolute Gasteiger partial charge is 0.465 e. The lowest BCUT2D eigenvalue weighted by molar-refractivity contribution is -0.148. The van der Waals surface area contributed by atoms with E-state index in [4.69, 9.17) is 0 Å². The average Bonchev–Trinajstić information content (AvgIpc) is 2.05. The molecule has 0 aliphatic carbocycles. The summed E-state index contributed by atoms with van der Waals surface area (Å²) < 4.78 is 4.63. The minimum absolute atomic E-state index is 0.250. The summed E-state index contributed by atoms with van der Waals surface area (Å²) in [5.41, 5.74) is 0. The van der Waals surface area contributed by atoms with Crippen molar-refractivity contribution in [2.24, 2.45) is 15.9 Å². The SMILES string of the molecule is CCOC(=O)[C@H]1C=NC=NC1=O. The topological polar surface area (TPSA) is 68.1 Å². The van der Waals surface area contributed by atoms with Crippen molar-refractivity contribution in [3.05, 3.63) is 0 Å². The van der Waals surface area contributed by atoms with E-state index in [-0.39, 0.29) is 6.61 Å². The molecule has 0 saturated heterocycles. The van der Waals surface area contributed by atoms with Gasteiger partial charge in [0.05, 0.1) is 6.61 Å². The summed E-state index contributed by atoms with van der Waals surface area (Å²) >= 11 is 0. The lowest BCUT2D eigenvalue weighted by Crippen LogP contribution is -2.28. The molecule has 0 aromatic heterocycles. The average molecular weight is 168 g/mol. The number of carbonyl (C=O) groups excluding carboxylic acids is 2. The number of ether oxygens (including phenoxy) is 1. The summed E-state index contributed by atoms with van der Waals surface area (Å²) in [6.45, 7) is 1.92. The zero-order valence-corrected chi connectivity index (χ0v) is 6.56. The number of rotatable bonds is 2. The van der Waals surface area contributed by atoms with Crippen molar-refractivity contribution >= 4 is 24.4 Å². The van der Waals surface area contributed by atoms with Gasteiger partial charge < -0.3 is 4.74 Å². The van der Waals surface area contributed by atoms with Gasteiger partial charge in [-0.3, -0.25) is 9.59 Å². The maximum Gasteiger partial charge on any atom is 0.324 e. The molecule has 0 bridgehead atoms. The highest BCUT2D eigenvalue weighted by atomic mass is 16.5. The van der Waals surface area contributed by atoms with Crippen LogP contribution in [0.25, 0.3) is 0 Å². The Morgan fingerprint density at radius 1 is 1.75 bits per heavy atom. The first-order chi connectivity index (χ1) is 5.75. The summed E-state index contributed by atoms with van der Waals surface area (Å²) in [4.78, 5) is 28.8. The van der Waals surface area contributed by atoms with Crippen molar-refractivity contribution < 1.29 is 14.3 Å². The van der Waals surface area contributed by atoms with Gasteiger partial charge in [0.1, 0.15) is 6.34 Å². The third-order valence-electron chi connectivity index (χ3n) is 1.29. The second-order valence-corrected chi connectivity index (χ2v) is 2.11. The Bertz CT molecular complexity index is 257. The van der Waals surface area contributed by atoms with Gasteiger partial charge in [-0.25, -0.2) is 9.98 Å². The first kappa shape index (κ1) is 8.58. The van der Waals surface area contributed by atoms with Crippen LogP contribution in [0.3, 0.4) is 0 Å². The molecule has 1 heterocycles. The fourth-order valence-electron chi connectivity index (χ4n) is 0.753. The number of hydrogen-bond acceptors (Lipinski definition) is 4. The van der Waals surface area contributed by atoms with Crippen LogP contribution in [0, 0.1) is 5.92 Å². The fourth-order valence-corrected chi connectivity index (χ4v) is 0.753. The molecule has 0 aromatic rings. The minimum atomic E-state index is -0.949. The Morgan fingerprint density at radius 3 is 3.08 bits per heavy atom. The van der Waals surface area contributed by atoms with Crippen LogP contribution >= 0.6 is 0 Å². The Hall–Kier alpha value is -1.52. The van der Waals surface area contributed by atoms with Crippen LogP contribution in [0.4, 0.5) is 0 Å². The number of hydrogen-bond donors (Lipinski definition) is 0. The molecule has 5 nitrogen and oxygen atoms in total. The molecule has 0 saturated carbocycles. The van der Waals surface area contributed by atoms with Gasteiger partial charge in [0, 0.05) is 6.21 Å². The molecule has 1 aliphatic rings. The molecule has 1 rings (SSSR count). The molecule has 1 amide bonds. The van der Waals surface area contributed by atoms with E-state index >= 15 is 0 Å². The second-order valence-electron chi connectivity index (χ2n) is 2.11. The molecule has 12 heavy (non-hydrogen) atoms. The Morgan fingerprint density at radius 2 is 2.50 bits per heavy atom. The molecule has 0 radical (unpaired) electrons. The molecular formula is C7H8N2O3. The number of esters is 1. The van der Waals surface area contributed by atoms with E-state index in [1.54, 1.807) is 6.92 Å². The van der Waals surface area contributed by atoms with E-state index in [1.807, 2.05) is 0 Å². The highest BCUT2D eigenvalue weighted by Crippen LogP contribution is 2.02. The van der Waals surface area contributed by atoms with Gasteiger partial charge in [0.25, 0.3) is 5.91 Å². The summed E-state index contributed by atoms with van der Waals surface area (Å²) in [5.74, 6) is -2.07. The Kier molecular flexibility index (Phi) is 2.68. The number of amides is 1. The maximum atomic E-state index is 11.0. The van der Waals surface area contributed by atoms with E-state index in [2.05, 4.69) is 14.7 Å². The number of carbonyl (C=O) groups is 2. The molecule has 5 heteroatoms. The van der Waals surface area contributed by atoms with Gasteiger partial charge in [-0.05, 0) is 6.92 Å². The van der Waals surface area contributed by atoms with E-state index in [0.717, 1.165) is 6.34 Å². The molecular weight excluding hydrogens is 160 g/mol. The van der Waals surface area contributed by atoms with Crippen molar-refractivity contribution in [1.29, 1.82) is 0 Å². The van der Waals surface area contributed by atoms with Crippen LogP contribution in [0.15, 0.2) is 9.98 Å². The van der Waals surface area contributed by atoms with Crippen LogP contribution in [0.5, 0.6) is 0 Å². The van der Waals surface area contributed by atoms with E-state index < -0.39 is 17.8 Å². The van der Waals surface area contributed by atoms with Gasteiger partial charge in [0.15, 0.2) is 5.92 Å². The lowest BCUT2D eigenvalue weighted by atomic mass is 10.1. The van der Waals surface area contributed by atoms with Gasteiger partial charge in [0.2, 0.25) is 0 Å². The molecule has 64 valence electrons. The molecule has 0 fully saturated rings. The van der Waals surface area contributed by atoms with Gasteiger partial charge >= 0.3 is 5.97 Å². The van der Waals surface area contributed by atoms with Crippen molar-refractivity contribution in [3.8, 4) is 0 Å². The van der Waals surface area contributed by atoms with Crippen molar-refractivity contribution in [1.82, 2.24) is 0 Å². The predicted octanol–water partition coefficient (Wildman–Crippen LogP) is -0.195. The molecule has 1 aliphatic heterocycles. The van der Waals surface area contributed by atoms with E-state index in [0.29, 0.717) is 0 Å². The van der Waals surface area contributed by atoms with E-state index in [1.165, 1.54) is 6.21 Å². The fraction of sp³-hybridized carbons (Fsp3) is 0.429. The van der Waals surface area contributed by atoms with Crippen LogP contribution in [-0.4, -0.2) is 31.0 Å². The summed E-state index contributed by atoms with van der Waals surface area (Å²) in [7, 11) is 0. The predicted molar refractivity (Wildman–Crippen MR) is 42.1 cm³/mol. The first-order valence-electron chi connectivity index (χ1n) is 3.52. The number of nitrogens with zero attached hydrogens (tertiary/aromatic N) is 2. The summed E-state index contributed by atoms with van der Waals surface area (Å²) in [6, 6.07) is 0. The highest BCUT2D eigenvalue weighted by Gasteiger charge is 2.26.